The Morgan fingerprint density at radius 2 is 2.05 bits per heavy atom. The molecule has 0 unspecified atom stereocenters. The van der Waals surface area contributed by atoms with Crippen molar-refractivity contribution in [3.05, 3.63) is 53.7 Å². The van der Waals surface area contributed by atoms with Crippen LogP contribution >= 0.6 is 0 Å². The first kappa shape index (κ1) is 14.0. The van der Waals surface area contributed by atoms with Gasteiger partial charge >= 0.3 is 0 Å². The Bertz CT molecular complexity index is 599. The summed E-state index contributed by atoms with van der Waals surface area (Å²) in [5.74, 6) is 0.419. The van der Waals surface area contributed by atoms with Gasteiger partial charge in [-0.05, 0) is 29.8 Å². The number of hydrogen-bond acceptors (Lipinski definition) is 4. The van der Waals surface area contributed by atoms with Gasteiger partial charge in [-0.15, -0.1) is 0 Å². The molecule has 0 saturated heterocycles. The largest absolute Gasteiger partial charge is 0.380 e. The van der Waals surface area contributed by atoms with E-state index in [1.165, 1.54) is 0 Å². The Labute approximate surface area is 118 Å². The molecule has 0 spiro atoms. The lowest BCUT2D eigenvalue weighted by molar-refractivity contribution is 0.102. The zero-order valence-electron chi connectivity index (χ0n) is 11.5. The van der Waals surface area contributed by atoms with Crippen molar-refractivity contribution < 1.29 is 9.53 Å². The van der Waals surface area contributed by atoms with Gasteiger partial charge in [0.05, 0.1) is 6.61 Å². The van der Waals surface area contributed by atoms with Crippen LogP contribution in [0.5, 0.6) is 0 Å². The summed E-state index contributed by atoms with van der Waals surface area (Å²) in [6.45, 7) is 0.511. The fourth-order valence-electron chi connectivity index (χ4n) is 1.80. The van der Waals surface area contributed by atoms with Crippen LogP contribution in [0.25, 0.3) is 0 Å². The van der Waals surface area contributed by atoms with E-state index in [1.54, 1.807) is 32.4 Å². The van der Waals surface area contributed by atoms with Crippen LogP contribution in [0, 0.1) is 0 Å². The lowest BCUT2D eigenvalue weighted by Gasteiger charge is -2.07. The number of methoxy groups -OCH3 is 1. The van der Waals surface area contributed by atoms with Crippen LogP contribution in [0.2, 0.25) is 0 Å². The standard InChI is InChI=1S/C15H17N3O2/c1-16-14-8-4-7-13(18-14)15(19)17-12-6-3-5-11(9-12)10-20-2/h3-9H,10H2,1-2H3,(H,16,18)(H,17,19). The highest BCUT2D eigenvalue weighted by atomic mass is 16.5. The molecule has 20 heavy (non-hydrogen) atoms. The summed E-state index contributed by atoms with van der Waals surface area (Å²) in [5, 5.41) is 5.73. The number of rotatable bonds is 5. The normalized spacial score (nSPS) is 10.1. The van der Waals surface area contributed by atoms with Crippen LogP contribution in [0.15, 0.2) is 42.5 Å². The van der Waals surface area contributed by atoms with Crippen LogP contribution in [-0.2, 0) is 11.3 Å². The van der Waals surface area contributed by atoms with E-state index in [-0.39, 0.29) is 5.91 Å². The molecule has 0 aliphatic carbocycles. The van der Waals surface area contributed by atoms with Crippen LogP contribution in [0.4, 0.5) is 11.5 Å². The summed E-state index contributed by atoms with van der Waals surface area (Å²) in [6, 6.07) is 12.8. The molecule has 0 bridgehead atoms. The highest BCUT2D eigenvalue weighted by molar-refractivity contribution is 6.03. The van der Waals surface area contributed by atoms with Gasteiger partial charge in [0, 0.05) is 19.8 Å². The number of ether oxygens (including phenoxy) is 1. The predicted molar refractivity (Wildman–Crippen MR) is 78.9 cm³/mol. The molecule has 0 fully saturated rings. The number of nitrogens with zero attached hydrogens (tertiary/aromatic N) is 1. The third-order valence-electron chi connectivity index (χ3n) is 2.73. The minimum absolute atomic E-state index is 0.239. The number of anilines is 2. The molecule has 0 radical (unpaired) electrons. The summed E-state index contributed by atoms with van der Waals surface area (Å²) < 4.78 is 5.07. The quantitative estimate of drug-likeness (QED) is 0.877. The zero-order valence-corrected chi connectivity index (χ0v) is 11.5. The molecule has 104 valence electrons. The molecular formula is C15H17N3O2. The van der Waals surface area contributed by atoms with E-state index >= 15 is 0 Å². The van der Waals surface area contributed by atoms with E-state index < -0.39 is 0 Å². The van der Waals surface area contributed by atoms with Crippen LogP contribution in [0.1, 0.15) is 16.1 Å². The smallest absolute Gasteiger partial charge is 0.274 e. The molecule has 5 heteroatoms. The Hall–Kier alpha value is -2.40. The maximum absolute atomic E-state index is 12.1. The van der Waals surface area contributed by atoms with Crippen molar-refractivity contribution in [1.29, 1.82) is 0 Å². The molecule has 2 rings (SSSR count). The van der Waals surface area contributed by atoms with E-state index in [0.29, 0.717) is 18.1 Å². The van der Waals surface area contributed by atoms with Gasteiger partial charge in [0.15, 0.2) is 0 Å². The zero-order chi connectivity index (χ0) is 14.4. The molecule has 5 nitrogen and oxygen atoms in total. The van der Waals surface area contributed by atoms with E-state index in [1.807, 2.05) is 24.3 Å². The lowest BCUT2D eigenvalue weighted by atomic mass is 10.2. The second kappa shape index (κ2) is 6.68. The van der Waals surface area contributed by atoms with E-state index in [0.717, 1.165) is 11.3 Å². The Balaban J connectivity index is 2.12. The molecule has 1 aromatic carbocycles. The number of aromatic nitrogens is 1. The Morgan fingerprint density at radius 3 is 2.80 bits per heavy atom. The number of pyridine rings is 1. The summed E-state index contributed by atoms with van der Waals surface area (Å²) in [7, 11) is 3.40. The van der Waals surface area contributed by atoms with Gasteiger partial charge in [-0.1, -0.05) is 18.2 Å². The molecule has 2 N–H and O–H groups in total. The minimum atomic E-state index is -0.239. The molecule has 0 aliphatic heterocycles. The van der Waals surface area contributed by atoms with E-state index in [9.17, 15) is 4.79 Å². The van der Waals surface area contributed by atoms with Gasteiger partial charge in [0.25, 0.3) is 5.91 Å². The van der Waals surface area contributed by atoms with Gasteiger partial charge in [-0.25, -0.2) is 4.98 Å². The topological polar surface area (TPSA) is 63.2 Å². The monoisotopic (exact) mass is 271 g/mol. The molecule has 1 amide bonds. The van der Waals surface area contributed by atoms with Crippen molar-refractivity contribution in [1.82, 2.24) is 4.98 Å². The Kier molecular flexibility index (Phi) is 4.68. The molecule has 1 aromatic heterocycles. The van der Waals surface area contributed by atoms with Crippen molar-refractivity contribution in [3.8, 4) is 0 Å². The van der Waals surface area contributed by atoms with E-state index in [4.69, 9.17) is 4.74 Å². The van der Waals surface area contributed by atoms with Crippen LogP contribution in [-0.4, -0.2) is 25.0 Å². The molecule has 0 aliphatic rings. The van der Waals surface area contributed by atoms with Crippen LogP contribution < -0.4 is 10.6 Å². The summed E-state index contributed by atoms with van der Waals surface area (Å²) >= 11 is 0. The highest BCUT2D eigenvalue weighted by Crippen LogP contribution is 2.13. The average Bonchev–Trinajstić information content (AvgIpc) is 2.48. The first-order valence-electron chi connectivity index (χ1n) is 6.27. The minimum Gasteiger partial charge on any atom is -0.380 e. The molecule has 0 saturated carbocycles. The first-order valence-corrected chi connectivity index (χ1v) is 6.27. The van der Waals surface area contributed by atoms with Crippen molar-refractivity contribution in [2.45, 2.75) is 6.61 Å². The second-order valence-corrected chi connectivity index (χ2v) is 4.25. The number of nitrogens with one attached hydrogen (secondary N) is 2. The summed E-state index contributed by atoms with van der Waals surface area (Å²) in [4.78, 5) is 16.3. The molecular weight excluding hydrogens is 254 g/mol. The SMILES string of the molecule is CNc1cccc(C(=O)Nc2cccc(COC)c2)n1. The number of hydrogen-bond donors (Lipinski definition) is 2. The van der Waals surface area contributed by atoms with Gasteiger partial charge in [0.2, 0.25) is 0 Å². The summed E-state index contributed by atoms with van der Waals surface area (Å²) in [5.41, 5.74) is 2.09. The lowest BCUT2D eigenvalue weighted by Crippen LogP contribution is -2.14. The van der Waals surface area contributed by atoms with Crippen molar-refractivity contribution in [2.24, 2.45) is 0 Å². The van der Waals surface area contributed by atoms with Gasteiger partial charge in [-0.3, -0.25) is 4.79 Å². The Morgan fingerprint density at radius 1 is 1.25 bits per heavy atom. The van der Waals surface area contributed by atoms with Crippen LogP contribution in [0.3, 0.4) is 0 Å². The van der Waals surface area contributed by atoms with Crippen molar-refractivity contribution >= 4 is 17.4 Å². The number of benzene rings is 1. The number of amides is 1. The number of carbonyl (C=O) groups is 1. The highest BCUT2D eigenvalue weighted by Gasteiger charge is 2.08. The van der Waals surface area contributed by atoms with Gasteiger partial charge in [0.1, 0.15) is 11.5 Å². The third-order valence-corrected chi connectivity index (χ3v) is 2.73. The maximum atomic E-state index is 12.1. The second-order valence-electron chi connectivity index (χ2n) is 4.25. The molecule has 1 heterocycles. The van der Waals surface area contributed by atoms with Crippen molar-refractivity contribution in [2.75, 3.05) is 24.8 Å². The third kappa shape index (κ3) is 3.55. The van der Waals surface area contributed by atoms with Gasteiger partial charge < -0.3 is 15.4 Å². The molecule has 0 atom stereocenters. The molecule has 2 aromatic rings. The fraction of sp³-hybridized carbons (Fsp3) is 0.200. The fourth-order valence-corrected chi connectivity index (χ4v) is 1.80. The van der Waals surface area contributed by atoms with E-state index in [2.05, 4.69) is 15.6 Å². The number of carbonyl (C=O) groups excluding carboxylic acids is 1. The predicted octanol–water partition coefficient (Wildman–Crippen LogP) is 2.52. The van der Waals surface area contributed by atoms with Crippen molar-refractivity contribution in [3.63, 3.8) is 0 Å². The van der Waals surface area contributed by atoms with Gasteiger partial charge in [-0.2, -0.15) is 0 Å². The maximum Gasteiger partial charge on any atom is 0.274 e. The first-order chi connectivity index (χ1) is 9.72. The summed E-state index contributed by atoms with van der Waals surface area (Å²) in [6.07, 6.45) is 0. The average molecular weight is 271 g/mol.